The van der Waals surface area contributed by atoms with Crippen LogP contribution in [-0.4, -0.2) is 21.1 Å². The Labute approximate surface area is 135 Å². The van der Waals surface area contributed by atoms with Crippen LogP contribution in [0.15, 0.2) is 28.8 Å². The zero-order valence-electron chi connectivity index (χ0n) is 13.5. The number of hydrogen-bond donors (Lipinski definition) is 1. The maximum atomic E-state index is 5.73. The lowest BCUT2D eigenvalue weighted by Gasteiger charge is -2.11. The van der Waals surface area contributed by atoms with Gasteiger partial charge in [-0.15, -0.1) is 0 Å². The van der Waals surface area contributed by atoms with Crippen molar-refractivity contribution in [3.63, 3.8) is 0 Å². The summed E-state index contributed by atoms with van der Waals surface area (Å²) in [6.45, 7) is 3.97. The van der Waals surface area contributed by atoms with E-state index in [0.29, 0.717) is 6.01 Å². The number of rotatable bonds is 5. The van der Waals surface area contributed by atoms with Crippen LogP contribution in [0.4, 0.5) is 6.01 Å². The second-order valence-electron chi connectivity index (χ2n) is 6.15. The molecule has 0 saturated carbocycles. The quantitative estimate of drug-likeness (QED) is 0.782. The molecular weight excluding hydrogens is 288 g/mol. The predicted octanol–water partition coefficient (Wildman–Crippen LogP) is 3.58. The molecule has 0 radical (unpaired) electrons. The van der Waals surface area contributed by atoms with Crippen molar-refractivity contribution in [1.82, 2.24) is 14.5 Å². The van der Waals surface area contributed by atoms with Crippen LogP contribution in [-0.2, 0) is 25.8 Å². The van der Waals surface area contributed by atoms with Crippen molar-refractivity contribution in [2.24, 2.45) is 0 Å². The summed E-state index contributed by atoms with van der Waals surface area (Å²) in [5, 5.41) is 3.11. The van der Waals surface area contributed by atoms with Crippen LogP contribution in [0, 0.1) is 0 Å². The Hall–Kier alpha value is -2.30. The van der Waals surface area contributed by atoms with E-state index in [0.717, 1.165) is 43.5 Å². The van der Waals surface area contributed by atoms with E-state index in [4.69, 9.17) is 9.40 Å². The molecule has 1 aliphatic rings. The lowest BCUT2D eigenvalue weighted by Crippen LogP contribution is -2.08. The average Bonchev–Trinajstić information content (AvgIpc) is 3.15. The molecule has 5 nitrogen and oxygen atoms in total. The lowest BCUT2D eigenvalue weighted by molar-refractivity contribution is 0.522. The first kappa shape index (κ1) is 14.3. The third-order valence-electron chi connectivity index (χ3n) is 4.41. The van der Waals surface area contributed by atoms with Gasteiger partial charge in [-0.1, -0.05) is 6.07 Å². The molecule has 23 heavy (non-hydrogen) atoms. The maximum Gasteiger partial charge on any atom is 0.295 e. The number of fused-ring (bicyclic) bond motifs is 2. The van der Waals surface area contributed by atoms with Gasteiger partial charge in [0.05, 0.1) is 5.69 Å². The van der Waals surface area contributed by atoms with Gasteiger partial charge in [-0.3, -0.25) is 0 Å². The Kier molecular flexibility index (Phi) is 3.77. The van der Waals surface area contributed by atoms with Gasteiger partial charge in [0.2, 0.25) is 0 Å². The van der Waals surface area contributed by atoms with E-state index in [9.17, 15) is 0 Å². The highest BCUT2D eigenvalue weighted by Crippen LogP contribution is 2.21. The number of nitrogens with zero attached hydrogens (tertiary/aromatic N) is 3. The first-order valence-corrected chi connectivity index (χ1v) is 8.50. The van der Waals surface area contributed by atoms with Gasteiger partial charge in [0.15, 0.2) is 5.58 Å². The molecule has 0 atom stereocenters. The first-order chi connectivity index (χ1) is 11.3. The van der Waals surface area contributed by atoms with E-state index in [1.165, 1.54) is 29.9 Å². The summed E-state index contributed by atoms with van der Waals surface area (Å²) in [5.41, 5.74) is 4.22. The van der Waals surface area contributed by atoms with Crippen molar-refractivity contribution in [2.75, 3.05) is 11.9 Å². The Morgan fingerprint density at radius 3 is 3.04 bits per heavy atom. The Bertz CT molecular complexity index is 794. The number of aromatic nitrogens is 3. The molecule has 3 heterocycles. The maximum absolute atomic E-state index is 5.73. The lowest BCUT2D eigenvalue weighted by atomic mass is 10.1. The Balaban J connectivity index is 1.47. The fourth-order valence-electron chi connectivity index (χ4n) is 3.22. The third-order valence-corrected chi connectivity index (χ3v) is 4.41. The van der Waals surface area contributed by atoms with Crippen molar-refractivity contribution in [1.29, 1.82) is 0 Å². The number of anilines is 1. The standard InChI is InChI=1S/C18H22N4O/c1-2-19-18-21-15-9-7-13(11-16(15)23-18)6-8-14-12-22-10-4-3-5-17(22)20-14/h7,9,11-12H,2-6,8,10H2,1H3,(H,19,21). The van der Waals surface area contributed by atoms with Crippen molar-refractivity contribution < 1.29 is 4.42 Å². The van der Waals surface area contributed by atoms with Gasteiger partial charge in [0, 0.05) is 25.7 Å². The van der Waals surface area contributed by atoms with E-state index >= 15 is 0 Å². The largest absolute Gasteiger partial charge is 0.424 e. The van der Waals surface area contributed by atoms with Crippen LogP contribution in [0.3, 0.4) is 0 Å². The molecule has 0 bridgehead atoms. The SMILES string of the molecule is CCNc1nc2ccc(CCc3cn4c(n3)CCCC4)cc2o1. The monoisotopic (exact) mass is 310 g/mol. The summed E-state index contributed by atoms with van der Waals surface area (Å²) in [5.74, 6) is 1.26. The molecule has 0 spiro atoms. The molecule has 0 saturated heterocycles. The van der Waals surface area contributed by atoms with Crippen LogP contribution in [0.25, 0.3) is 11.1 Å². The van der Waals surface area contributed by atoms with Gasteiger partial charge in [0.25, 0.3) is 6.01 Å². The molecule has 5 heteroatoms. The zero-order valence-corrected chi connectivity index (χ0v) is 13.5. The molecule has 1 aliphatic heterocycles. The van der Waals surface area contributed by atoms with Crippen molar-refractivity contribution in [3.05, 3.63) is 41.5 Å². The molecule has 120 valence electrons. The van der Waals surface area contributed by atoms with E-state index in [1.807, 2.05) is 13.0 Å². The third kappa shape index (κ3) is 2.96. The second kappa shape index (κ2) is 6.07. The van der Waals surface area contributed by atoms with Gasteiger partial charge in [-0.05, 0) is 50.3 Å². The average molecular weight is 310 g/mol. The number of nitrogens with one attached hydrogen (secondary N) is 1. The van der Waals surface area contributed by atoms with Gasteiger partial charge in [-0.2, -0.15) is 4.98 Å². The summed E-state index contributed by atoms with van der Waals surface area (Å²) in [7, 11) is 0. The van der Waals surface area contributed by atoms with Crippen LogP contribution < -0.4 is 5.32 Å². The summed E-state index contributed by atoms with van der Waals surface area (Å²) in [4.78, 5) is 9.19. The minimum Gasteiger partial charge on any atom is -0.424 e. The number of aryl methyl sites for hydroxylation is 4. The van der Waals surface area contributed by atoms with Gasteiger partial charge >= 0.3 is 0 Å². The second-order valence-corrected chi connectivity index (χ2v) is 6.15. The van der Waals surface area contributed by atoms with E-state index < -0.39 is 0 Å². The minimum atomic E-state index is 0.599. The number of oxazole rings is 1. The highest BCUT2D eigenvalue weighted by atomic mass is 16.4. The first-order valence-electron chi connectivity index (χ1n) is 8.50. The van der Waals surface area contributed by atoms with Gasteiger partial charge in [-0.25, -0.2) is 4.98 Å². The van der Waals surface area contributed by atoms with E-state index in [2.05, 4.69) is 33.2 Å². The molecule has 1 aromatic carbocycles. The van der Waals surface area contributed by atoms with Crippen LogP contribution >= 0.6 is 0 Å². The van der Waals surface area contributed by atoms with Crippen molar-refractivity contribution >= 4 is 17.1 Å². The minimum absolute atomic E-state index is 0.599. The summed E-state index contributed by atoms with van der Waals surface area (Å²) >= 11 is 0. The molecule has 0 amide bonds. The van der Waals surface area contributed by atoms with Crippen LogP contribution in [0.1, 0.15) is 36.8 Å². The van der Waals surface area contributed by atoms with E-state index in [1.54, 1.807) is 0 Å². The topological polar surface area (TPSA) is 55.9 Å². The molecular formula is C18H22N4O. The van der Waals surface area contributed by atoms with Crippen LogP contribution in [0.2, 0.25) is 0 Å². The van der Waals surface area contributed by atoms with Crippen molar-refractivity contribution in [2.45, 2.75) is 45.6 Å². The van der Waals surface area contributed by atoms with Crippen LogP contribution in [0.5, 0.6) is 0 Å². The Morgan fingerprint density at radius 1 is 1.22 bits per heavy atom. The molecule has 0 unspecified atom stereocenters. The number of benzene rings is 1. The Morgan fingerprint density at radius 2 is 2.17 bits per heavy atom. The van der Waals surface area contributed by atoms with E-state index in [-0.39, 0.29) is 0 Å². The molecule has 4 rings (SSSR count). The summed E-state index contributed by atoms with van der Waals surface area (Å²) in [6.07, 6.45) is 7.84. The fourth-order valence-corrected chi connectivity index (χ4v) is 3.22. The highest BCUT2D eigenvalue weighted by molar-refractivity contribution is 5.75. The fraction of sp³-hybridized carbons (Fsp3) is 0.444. The highest BCUT2D eigenvalue weighted by Gasteiger charge is 2.12. The molecule has 0 aliphatic carbocycles. The summed E-state index contributed by atoms with van der Waals surface area (Å²) < 4.78 is 8.05. The normalized spacial score (nSPS) is 14.1. The van der Waals surface area contributed by atoms with Crippen molar-refractivity contribution in [3.8, 4) is 0 Å². The van der Waals surface area contributed by atoms with Gasteiger partial charge in [0.1, 0.15) is 11.3 Å². The molecule has 0 fully saturated rings. The number of hydrogen-bond acceptors (Lipinski definition) is 4. The predicted molar refractivity (Wildman–Crippen MR) is 90.7 cm³/mol. The molecule has 3 aromatic rings. The number of imidazole rings is 1. The summed E-state index contributed by atoms with van der Waals surface area (Å²) in [6, 6.07) is 6.87. The molecule has 1 N–H and O–H groups in total. The van der Waals surface area contributed by atoms with Gasteiger partial charge < -0.3 is 14.3 Å². The smallest absolute Gasteiger partial charge is 0.295 e. The molecule has 2 aromatic heterocycles. The zero-order chi connectivity index (χ0) is 15.6.